The zero-order valence-corrected chi connectivity index (χ0v) is 14.3. The normalized spacial score (nSPS) is 30.7. The van der Waals surface area contributed by atoms with Crippen LogP contribution in [0.15, 0.2) is 35.3 Å². The maximum atomic E-state index is 5.01. The Kier molecular flexibility index (Phi) is 5.53. The minimum atomic E-state index is 0.537. The second-order valence-electron chi connectivity index (χ2n) is 5.77. The number of amidine groups is 1. The van der Waals surface area contributed by atoms with E-state index < -0.39 is 0 Å². The van der Waals surface area contributed by atoms with E-state index in [0.717, 1.165) is 17.4 Å². The van der Waals surface area contributed by atoms with E-state index in [1.165, 1.54) is 35.7 Å². The highest BCUT2D eigenvalue weighted by molar-refractivity contribution is 8.14. The molecule has 1 saturated carbocycles. The number of hydrogen-bond acceptors (Lipinski definition) is 3. The second kappa shape index (κ2) is 7.59. The van der Waals surface area contributed by atoms with Crippen molar-refractivity contribution >= 4 is 28.7 Å². The minimum absolute atomic E-state index is 0.537. The van der Waals surface area contributed by atoms with Gasteiger partial charge in [-0.25, -0.2) is 0 Å². The first-order valence-electron chi connectivity index (χ1n) is 7.98. The Labute approximate surface area is 136 Å². The maximum absolute atomic E-state index is 5.01. The number of thioether (sulfide) groups is 2. The van der Waals surface area contributed by atoms with Crippen molar-refractivity contribution in [2.45, 2.75) is 49.9 Å². The van der Waals surface area contributed by atoms with E-state index >= 15 is 0 Å². The molecule has 0 radical (unpaired) electrons. The number of nitrogens with one attached hydrogen (secondary N) is 1. The summed E-state index contributed by atoms with van der Waals surface area (Å²) in [5.41, 5.74) is 1.41. The molecule has 1 heterocycles. The molecule has 4 heteroatoms. The van der Waals surface area contributed by atoms with Crippen molar-refractivity contribution in [3.8, 4) is 0 Å². The Morgan fingerprint density at radius 1 is 1.29 bits per heavy atom. The molecule has 0 spiro atoms. The summed E-state index contributed by atoms with van der Waals surface area (Å²) in [6.45, 7) is 2.26. The fourth-order valence-corrected chi connectivity index (χ4v) is 5.33. The van der Waals surface area contributed by atoms with Crippen molar-refractivity contribution < 1.29 is 0 Å². The zero-order chi connectivity index (χ0) is 14.5. The molecule has 0 bridgehead atoms. The largest absolute Gasteiger partial charge is 0.361 e. The highest BCUT2D eigenvalue weighted by atomic mass is 32.2. The van der Waals surface area contributed by atoms with E-state index in [1.54, 1.807) is 0 Å². The van der Waals surface area contributed by atoms with E-state index in [-0.39, 0.29) is 0 Å². The van der Waals surface area contributed by atoms with E-state index in [0.29, 0.717) is 12.1 Å². The van der Waals surface area contributed by atoms with Gasteiger partial charge in [0.25, 0.3) is 0 Å². The molecule has 1 aliphatic carbocycles. The first kappa shape index (κ1) is 15.3. The fourth-order valence-electron chi connectivity index (χ4n) is 3.13. The predicted molar refractivity (Wildman–Crippen MR) is 96.5 cm³/mol. The Morgan fingerprint density at radius 3 is 2.95 bits per heavy atom. The summed E-state index contributed by atoms with van der Waals surface area (Å²) in [6.07, 6.45) is 5.06. The van der Waals surface area contributed by atoms with Gasteiger partial charge >= 0.3 is 0 Å². The molecule has 3 rings (SSSR count). The van der Waals surface area contributed by atoms with Crippen LogP contribution in [0.2, 0.25) is 0 Å². The average Bonchev–Trinajstić information content (AvgIpc) is 3.11. The van der Waals surface area contributed by atoms with Gasteiger partial charge in [0.15, 0.2) is 5.17 Å². The highest BCUT2D eigenvalue weighted by Crippen LogP contribution is 2.33. The third-order valence-corrected chi connectivity index (χ3v) is 6.53. The van der Waals surface area contributed by atoms with E-state index in [4.69, 9.17) is 4.99 Å². The van der Waals surface area contributed by atoms with Gasteiger partial charge in [0, 0.05) is 17.0 Å². The van der Waals surface area contributed by atoms with Crippen LogP contribution in [-0.2, 0) is 6.42 Å². The number of rotatable bonds is 5. The third-order valence-electron chi connectivity index (χ3n) is 4.16. The molecule has 1 aromatic rings. The molecule has 2 nitrogen and oxygen atoms in total. The molecular weight excluding hydrogens is 296 g/mol. The summed E-state index contributed by atoms with van der Waals surface area (Å²) < 4.78 is 0. The van der Waals surface area contributed by atoms with Crippen LogP contribution in [0.4, 0.5) is 0 Å². The second-order valence-corrected chi connectivity index (χ2v) is 8.29. The molecule has 0 amide bonds. The predicted octanol–water partition coefficient (Wildman–Crippen LogP) is 3.96. The van der Waals surface area contributed by atoms with Crippen molar-refractivity contribution in [2.24, 2.45) is 4.99 Å². The molecule has 2 aliphatic rings. The van der Waals surface area contributed by atoms with Gasteiger partial charge in [-0.1, -0.05) is 55.4 Å². The molecule has 1 aromatic carbocycles. The van der Waals surface area contributed by atoms with Gasteiger partial charge in [-0.15, -0.1) is 0 Å². The van der Waals surface area contributed by atoms with Crippen LogP contribution in [0, 0.1) is 0 Å². The van der Waals surface area contributed by atoms with E-state index in [9.17, 15) is 0 Å². The van der Waals surface area contributed by atoms with Gasteiger partial charge in [-0.05, 0) is 30.6 Å². The molecule has 21 heavy (non-hydrogen) atoms. The van der Waals surface area contributed by atoms with Crippen LogP contribution in [-0.4, -0.2) is 34.0 Å². The molecule has 2 fully saturated rings. The summed E-state index contributed by atoms with van der Waals surface area (Å²) in [7, 11) is 0. The lowest BCUT2D eigenvalue weighted by atomic mass is 10.1. The van der Waals surface area contributed by atoms with Crippen molar-refractivity contribution in [3.05, 3.63) is 35.9 Å². The summed E-state index contributed by atoms with van der Waals surface area (Å²) in [5.74, 6) is 2.36. The van der Waals surface area contributed by atoms with Crippen molar-refractivity contribution in [2.75, 3.05) is 11.5 Å². The number of benzene rings is 1. The van der Waals surface area contributed by atoms with Crippen molar-refractivity contribution in [1.29, 1.82) is 0 Å². The molecule has 0 aromatic heterocycles. The molecule has 114 valence electrons. The van der Waals surface area contributed by atoms with Gasteiger partial charge in [-0.2, -0.15) is 11.8 Å². The SMILES string of the molecule is CCSC1CCCC1N=C1NC(Cc2ccccc2)CS1. The zero-order valence-electron chi connectivity index (χ0n) is 12.6. The fraction of sp³-hybridized carbons (Fsp3) is 0.588. The molecular formula is C17H24N2S2. The number of hydrogen-bond donors (Lipinski definition) is 1. The first-order valence-corrected chi connectivity index (χ1v) is 10.0. The molecule has 3 atom stereocenters. The van der Waals surface area contributed by atoms with Crippen molar-refractivity contribution in [3.63, 3.8) is 0 Å². The van der Waals surface area contributed by atoms with Crippen LogP contribution >= 0.6 is 23.5 Å². The smallest absolute Gasteiger partial charge is 0.157 e. The van der Waals surface area contributed by atoms with Crippen LogP contribution in [0.3, 0.4) is 0 Å². The average molecular weight is 321 g/mol. The molecule has 1 saturated heterocycles. The summed E-state index contributed by atoms with van der Waals surface area (Å²) in [4.78, 5) is 5.01. The lowest BCUT2D eigenvalue weighted by Gasteiger charge is -2.15. The lowest BCUT2D eigenvalue weighted by Crippen LogP contribution is -2.30. The topological polar surface area (TPSA) is 24.4 Å². The van der Waals surface area contributed by atoms with Gasteiger partial charge in [0.05, 0.1) is 6.04 Å². The van der Waals surface area contributed by atoms with Gasteiger partial charge < -0.3 is 5.32 Å². The van der Waals surface area contributed by atoms with Gasteiger partial charge in [0.1, 0.15) is 0 Å². The maximum Gasteiger partial charge on any atom is 0.157 e. The number of nitrogens with zero attached hydrogens (tertiary/aromatic N) is 1. The number of aliphatic imine (C=N–C) groups is 1. The summed E-state index contributed by atoms with van der Waals surface area (Å²) in [6, 6.07) is 11.8. The van der Waals surface area contributed by atoms with Crippen molar-refractivity contribution in [1.82, 2.24) is 5.32 Å². The Balaban J connectivity index is 1.55. The Hall–Kier alpha value is -0.610. The standard InChI is InChI=1S/C17H24N2S2/c1-2-20-16-10-6-9-15(16)19-17-18-14(12-21-17)11-13-7-4-3-5-8-13/h3-5,7-8,14-16H,2,6,9-12H2,1H3,(H,18,19). The summed E-state index contributed by atoms with van der Waals surface area (Å²) >= 11 is 4.00. The highest BCUT2D eigenvalue weighted by Gasteiger charge is 2.29. The minimum Gasteiger partial charge on any atom is -0.361 e. The van der Waals surface area contributed by atoms with Gasteiger partial charge in [0.2, 0.25) is 0 Å². The lowest BCUT2D eigenvalue weighted by molar-refractivity contribution is 0.672. The van der Waals surface area contributed by atoms with Crippen LogP contribution < -0.4 is 5.32 Å². The molecule has 1 N–H and O–H groups in total. The first-order chi connectivity index (χ1) is 10.3. The molecule has 3 unspecified atom stereocenters. The molecule has 1 aliphatic heterocycles. The van der Waals surface area contributed by atoms with E-state index in [1.807, 2.05) is 11.8 Å². The Bertz CT molecular complexity index is 475. The van der Waals surface area contributed by atoms with E-state index in [2.05, 4.69) is 54.3 Å². The third kappa shape index (κ3) is 4.19. The Morgan fingerprint density at radius 2 is 2.14 bits per heavy atom. The van der Waals surface area contributed by atoms with Crippen LogP contribution in [0.1, 0.15) is 31.7 Å². The quantitative estimate of drug-likeness (QED) is 0.888. The van der Waals surface area contributed by atoms with Crippen LogP contribution in [0.5, 0.6) is 0 Å². The van der Waals surface area contributed by atoms with Crippen LogP contribution in [0.25, 0.3) is 0 Å². The van der Waals surface area contributed by atoms with Gasteiger partial charge in [-0.3, -0.25) is 4.99 Å². The summed E-state index contributed by atoms with van der Waals surface area (Å²) in [5, 5.41) is 5.57. The monoisotopic (exact) mass is 320 g/mol.